The fourth-order valence-corrected chi connectivity index (χ4v) is 2.93. The van der Waals surface area contributed by atoms with Crippen LogP contribution < -0.4 is 10.5 Å². The predicted octanol–water partition coefficient (Wildman–Crippen LogP) is 1.53. The predicted molar refractivity (Wildman–Crippen MR) is 74.6 cm³/mol. The van der Waals surface area contributed by atoms with Crippen LogP contribution in [0.25, 0.3) is 0 Å². The van der Waals surface area contributed by atoms with Gasteiger partial charge in [0.2, 0.25) is 10.0 Å². The lowest BCUT2D eigenvalue weighted by Gasteiger charge is -2.10. The number of anilines is 1. The molecule has 0 unspecified atom stereocenters. The van der Waals surface area contributed by atoms with E-state index in [4.69, 9.17) is 5.73 Å². The lowest BCUT2D eigenvalue weighted by molar-refractivity contribution is 0.587. The molecule has 1 aromatic carbocycles. The number of nitrogens with two attached hydrogens (primary N) is 1. The van der Waals surface area contributed by atoms with Gasteiger partial charge in [-0.25, -0.2) is 12.8 Å². The molecule has 6 heteroatoms. The number of rotatable bonds is 4. The Hall–Kier alpha value is -1.58. The Kier molecular flexibility index (Phi) is 5.33. The molecule has 0 aliphatic carbocycles. The molecule has 0 radical (unpaired) electrons. The van der Waals surface area contributed by atoms with Crippen LogP contribution in [0, 0.1) is 23.6 Å². The Morgan fingerprint density at radius 1 is 1.42 bits per heavy atom. The quantitative estimate of drug-likeness (QED) is 0.824. The van der Waals surface area contributed by atoms with Gasteiger partial charge in [0.1, 0.15) is 5.82 Å². The number of hydrogen-bond acceptors (Lipinski definition) is 3. The highest BCUT2D eigenvalue weighted by molar-refractivity contribution is 7.92. The summed E-state index contributed by atoms with van der Waals surface area (Å²) in [5.41, 5.74) is 5.58. The minimum Gasteiger partial charge on any atom is -0.320 e. The van der Waals surface area contributed by atoms with Crippen LogP contribution >= 0.6 is 0 Å². The molecule has 0 saturated heterocycles. The standard InChI is InChI=1S/C13H17FN2O2S/c1-10(2)9-19(17,18)16-12-6-5-11(4-3-7-15)13(14)8-12/h5-6,8,10,16H,7,9,15H2,1-2H3. The minimum absolute atomic E-state index is 0.00274. The Morgan fingerprint density at radius 3 is 2.63 bits per heavy atom. The van der Waals surface area contributed by atoms with Crippen LogP contribution in [0.3, 0.4) is 0 Å². The summed E-state index contributed by atoms with van der Waals surface area (Å²) in [6, 6.07) is 4.01. The summed E-state index contributed by atoms with van der Waals surface area (Å²) in [6.07, 6.45) is 0. The zero-order valence-electron chi connectivity index (χ0n) is 10.9. The molecule has 4 nitrogen and oxygen atoms in total. The molecule has 19 heavy (non-hydrogen) atoms. The van der Waals surface area contributed by atoms with E-state index in [-0.39, 0.29) is 29.5 Å². The third-order valence-corrected chi connectivity index (χ3v) is 3.77. The number of benzene rings is 1. The maximum atomic E-state index is 13.6. The number of sulfonamides is 1. The van der Waals surface area contributed by atoms with Crippen molar-refractivity contribution >= 4 is 15.7 Å². The molecule has 0 amide bonds. The average Bonchev–Trinajstić information content (AvgIpc) is 2.25. The van der Waals surface area contributed by atoms with Crippen LogP contribution in [0.1, 0.15) is 19.4 Å². The van der Waals surface area contributed by atoms with E-state index in [0.717, 1.165) is 6.07 Å². The van der Waals surface area contributed by atoms with E-state index in [1.807, 2.05) is 0 Å². The van der Waals surface area contributed by atoms with Crippen molar-refractivity contribution in [3.05, 3.63) is 29.6 Å². The summed E-state index contributed by atoms with van der Waals surface area (Å²) in [5, 5.41) is 0. The van der Waals surface area contributed by atoms with Gasteiger partial charge in [-0.1, -0.05) is 25.7 Å². The van der Waals surface area contributed by atoms with E-state index in [9.17, 15) is 12.8 Å². The number of hydrogen-bond donors (Lipinski definition) is 2. The van der Waals surface area contributed by atoms with Crippen LogP contribution in [0.5, 0.6) is 0 Å². The first-order valence-corrected chi connectivity index (χ1v) is 7.48. The molecule has 0 saturated carbocycles. The fourth-order valence-electron chi connectivity index (χ4n) is 1.49. The van der Waals surface area contributed by atoms with E-state index < -0.39 is 15.8 Å². The van der Waals surface area contributed by atoms with Gasteiger partial charge in [-0.15, -0.1) is 0 Å². The molecule has 1 rings (SSSR count). The zero-order chi connectivity index (χ0) is 14.5. The molecular formula is C13H17FN2O2S. The monoisotopic (exact) mass is 284 g/mol. The molecule has 3 N–H and O–H groups in total. The summed E-state index contributed by atoms with van der Waals surface area (Å²) >= 11 is 0. The highest BCUT2D eigenvalue weighted by Gasteiger charge is 2.13. The van der Waals surface area contributed by atoms with E-state index >= 15 is 0 Å². The van der Waals surface area contributed by atoms with Crippen molar-refractivity contribution in [1.82, 2.24) is 0 Å². The topological polar surface area (TPSA) is 72.2 Å². The van der Waals surface area contributed by atoms with Crippen LogP contribution in [0.2, 0.25) is 0 Å². The summed E-state index contributed by atoms with van der Waals surface area (Å²) in [4.78, 5) is 0. The van der Waals surface area contributed by atoms with Crippen molar-refractivity contribution in [3.63, 3.8) is 0 Å². The first-order valence-electron chi connectivity index (χ1n) is 5.83. The van der Waals surface area contributed by atoms with Crippen LogP contribution in [-0.2, 0) is 10.0 Å². The third-order valence-electron chi connectivity index (χ3n) is 2.12. The van der Waals surface area contributed by atoms with Gasteiger partial charge in [0.15, 0.2) is 0 Å². The molecule has 104 valence electrons. The van der Waals surface area contributed by atoms with E-state index in [1.54, 1.807) is 13.8 Å². The van der Waals surface area contributed by atoms with Gasteiger partial charge in [0.05, 0.1) is 23.5 Å². The maximum Gasteiger partial charge on any atom is 0.232 e. The molecule has 0 bridgehead atoms. The molecule has 0 spiro atoms. The molecular weight excluding hydrogens is 267 g/mol. The first-order chi connectivity index (χ1) is 8.84. The van der Waals surface area contributed by atoms with Crippen molar-refractivity contribution < 1.29 is 12.8 Å². The van der Waals surface area contributed by atoms with Crippen molar-refractivity contribution in [2.75, 3.05) is 17.0 Å². The Morgan fingerprint density at radius 2 is 2.11 bits per heavy atom. The van der Waals surface area contributed by atoms with E-state index in [1.165, 1.54) is 12.1 Å². The largest absolute Gasteiger partial charge is 0.320 e. The van der Waals surface area contributed by atoms with Crippen molar-refractivity contribution in [2.45, 2.75) is 13.8 Å². The SMILES string of the molecule is CC(C)CS(=O)(=O)Nc1ccc(C#CCN)c(F)c1. The minimum atomic E-state index is -3.45. The molecule has 0 atom stereocenters. The van der Waals surface area contributed by atoms with Crippen molar-refractivity contribution in [3.8, 4) is 11.8 Å². The average molecular weight is 284 g/mol. The third kappa shape index (κ3) is 5.28. The zero-order valence-corrected chi connectivity index (χ0v) is 11.7. The van der Waals surface area contributed by atoms with Crippen LogP contribution in [0.4, 0.5) is 10.1 Å². The molecule has 0 heterocycles. The Labute approximate surface area is 113 Å². The molecule has 0 aliphatic rings. The van der Waals surface area contributed by atoms with Gasteiger partial charge in [-0.3, -0.25) is 4.72 Å². The first kappa shape index (κ1) is 15.5. The highest BCUT2D eigenvalue weighted by atomic mass is 32.2. The Bertz CT molecular complexity index is 601. The summed E-state index contributed by atoms with van der Waals surface area (Å²) in [7, 11) is -3.45. The van der Waals surface area contributed by atoms with Gasteiger partial charge < -0.3 is 5.73 Å². The molecule has 0 aromatic heterocycles. The van der Waals surface area contributed by atoms with Crippen molar-refractivity contribution in [2.24, 2.45) is 11.7 Å². The van der Waals surface area contributed by atoms with Gasteiger partial charge >= 0.3 is 0 Å². The van der Waals surface area contributed by atoms with Crippen LogP contribution in [0.15, 0.2) is 18.2 Å². The Balaban J connectivity index is 2.90. The highest BCUT2D eigenvalue weighted by Crippen LogP contribution is 2.16. The lowest BCUT2D eigenvalue weighted by atomic mass is 10.2. The number of nitrogens with one attached hydrogen (secondary N) is 1. The maximum absolute atomic E-state index is 13.6. The molecule has 0 aliphatic heterocycles. The lowest BCUT2D eigenvalue weighted by Crippen LogP contribution is -2.20. The smallest absolute Gasteiger partial charge is 0.232 e. The normalized spacial score (nSPS) is 11.0. The van der Waals surface area contributed by atoms with E-state index in [0.29, 0.717) is 0 Å². The second-order valence-corrected chi connectivity index (χ2v) is 6.24. The second kappa shape index (κ2) is 6.55. The summed E-state index contributed by atoms with van der Waals surface area (Å²) in [6.45, 7) is 3.73. The van der Waals surface area contributed by atoms with Crippen LogP contribution in [-0.4, -0.2) is 20.7 Å². The van der Waals surface area contributed by atoms with Gasteiger partial charge in [-0.2, -0.15) is 0 Å². The van der Waals surface area contributed by atoms with Gasteiger partial charge in [0, 0.05) is 0 Å². The number of halogens is 1. The van der Waals surface area contributed by atoms with Crippen molar-refractivity contribution in [1.29, 1.82) is 0 Å². The summed E-state index contributed by atoms with van der Waals surface area (Å²) in [5.74, 6) is 4.51. The van der Waals surface area contributed by atoms with Gasteiger partial charge in [0.25, 0.3) is 0 Å². The second-order valence-electron chi connectivity index (χ2n) is 4.48. The molecule has 0 fully saturated rings. The summed E-state index contributed by atoms with van der Waals surface area (Å²) < 4.78 is 39.4. The molecule has 1 aromatic rings. The fraction of sp³-hybridized carbons (Fsp3) is 0.385. The van der Waals surface area contributed by atoms with E-state index in [2.05, 4.69) is 16.6 Å². The van der Waals surface area contributed by atoms with Gasteiger partial charge in [-0.05, 0) is 24.1 Å².